The zero-order valence-corrected chi connectivity index (χ0v) is 15.5. The molecule has 7 heteroatoms. The Balaban J connectivity index is 1.61. The average molecular weight is 376 g/mol. The third-order valence-electron chi connectivity index (χ3n) is 5.05. The van der Waals surface area contributed by atoms with Crippen molar-refractivity contribution < 1.29 is 23.2 Å². The third-order valence-corrected chi connectivity index (χ3v) is 5.05. The first-order chi connectivity index (χ1) is 13.0. The van der Waals surface area contributed by atoms with Crippen LogP contribution >= 0.6 is 0 Å². The highest BCUT2D eigenvalue weighted by atomic mass is 19.1. The molecule has 0 bridgehead atoms. The number of hydrogen-bond donors (Lipinski definition) is 2. The lowest BCUT2D eigenvalue weighted by Gasteiger charge is -2.36. The van der Waals surface area contributed by atoms with Crippen molar-refractivity contribution in [2.45, 2.75) is 13.0 Å². The molecule has 5 nitrogen and oxygen atoms in total. The van der Waals surface area contributed by atoms with Crippen LogP contribution in [0.4, 0.5) is 20.2 Å². The maximum Gasteiger partial charge on any atom is 0.282 e. The van der Waals surface area contributed by atoms with Crippen molar-refractivity contribution in [3.63, 3.8) is 0 Å². The summed E-state index contributed by atoms with van der Waals surface area (Å²) in [5.74, 6) is -1.11. The summed E-state index contributed by atoms with van der Waals surface area (Å²) in [6.45, 7) is 4.80. The Bertz CT molecular complexity index is 787. The minimum Gasteiger partial charge on any atom is -0.495 e. The summed E-state index contributed by atoms with van der Waals surface area (Å²) in [7, 11) is 1.65. The maximum atomic E-state index is 13.7. The first-order valence-electron chi connectivity index (χ1n) is 8.98. The van der Waals surface area contributed by atoms with Crippen molar-refractivity contribution in [3.8, 4) is 5.75 Å². The Morgan fingerprint density at radius 2 is 1.74 bits per heavy atom. The lowest BCUT2D eigenvalue weighted by Crippen LogP contribution is -3.19. The summed E-state index contributed by atoms with van der Waals surface area (Å²) in [6.07, 6.45) is 0. The molecule has 0 unspecified atom stereocenters. The van der Waals surface area contributed by atoms with Gasteiger partial charge in [-0.05, 0) is 31.2 Å². The quantitative estimate of drug-likeness (QED) is 0.835. The average Bonchev–Trinajstić information content (AvgIpc) is 2.70. The standard InChI is InChI=1S/C20H23F2N3O2/c1-14(20(26)23-19-15(21)6-5-7-16(19)22)24-10-12-25(13-11-24)17-8-3-4-9-18(17)27-2/h3-9,14H,10-13H2,1-2H3,(H,23,26)/p+1/t14-/m0/s1. The molecule has 0 aromatic heterocycles. The predicted octanol–water partition coefficient (Wildman–Crippen LogP) is 1.71. The second-order valence-electron chi connectivity index (χ2n) is 6.62. The molecule has 1 amide bonds. The number of hydrogen-bond acceptors (Lipinski definition) is 3. The number of quaternary nitrogens is 1. The van der Waals surface area contributed by atoms with Crippen LogP contribution in [-0.2, 0) is 4.79 Å². The van der Waals surface area contributed by atoms with Gasteiger partial charge < -0.3 is 19.9 Å². The number of nitrogens with zero attached hydrogens (tertiary/aromatic N) is 1. The molecule has 2 N–H and O–H groups in total. The van der Waals surface area contributed by atoms with Gasteiger partial charge in [0.2, 0.25) is 0 Å². The van der Waals surface area contributed by atoms with Gasteiger partial charge in [0, 0.05) is 0 Å². The number of para-hydroxylation sites is 3. The summed E-state index contributed by atoms with van der Waals surface area (Å²) in [4.78, 5) is 15.8. The van der Waals surface area contributed by atoms with Crippen molar-refractivity contribution in [2.75, 3.05) is 43.5 Å². The number of ether oxygens (including phenoxy) is 1. The van der Waals surface area contributed by atoms with Gasteiger partial charge in [-0.2, -0.15) is 0 Å². The fourth-order valence-corrected chi connectivity index (χ4v) is 3.39. The largest absolute Gasteiger partial charge is 0.495 e. The molecule has 144 valence electrons. The number of rotatable bonds is 5. The van der Waals surface area contributed by atoms with Gasteiger partial charge in [-0.25, -0.2) is 8.78 Å². The number of methoxy groups -OCH3 is 1. The molecular formula is C20H24F2N3O2+. The smallest absolute Gasteiger partial charge is 0.282 e. The van der Waals surface area contributed by atoms with Gasteiger partial charge in [0.15, 0.2) is 6.04 Å². The fraction of sp³-hybridized carbons (Fsp3) is 0.350. The number of amides is 1. The molecular weight excluding hydrogens is 352 g/mol. The number of halogens is 2. The van der Waals surface area contributed by atoms with Crippen molar-refractivity contribution in [1.29, 1.82) is 0 Å². The maximum absolute atomic E-state index is 13.7. The van der Waals surface area contributed by atoms with E-state index in [2.05, 4.69) is 10.2 Å². The normalized spacial score (nSPS) is 16.1. The number of piperazine rings is 1. The van der Waals surface area contributed by atoms with Crippen molar-refractivity contribution >= 4 is 17.3 Å². The van der Waals surface area contributed by atoms with E-state index >= 15 is 0 Å². The SMILES string of the molecule is COc1ccccc1N1CC[NH+]([C@@H](C)C(=O)Nc2c(F)cccc2F)CC1. The van der Waals surface area contributed by atoms with Crippen LogP contribution in [0.5, 0.6) is 5.75 Å². The highest BCUT2D eigenvalue weighted by Crippen LogP contribution is 2.27. The molecule has 0 spiro atoms. The van der Waals surface area contributed by atoms with E-state index in [1.165, 1.54) is 6.07 Å². The summed E-state index contributed by atoms with van der Waals surface area (Å²) < 4.78 is 32.9. The molecule has 27 heavy (non-hydrogen) atoms. The zero-order chi connectivity index (χ0) is 19.4. The monoisotopic (exact) mass is 376 g/mol. The number of benzene rings is 2. The summed E-state index contributed by atoms with van der Waals surface area (Å²) in [5.41, 5.74) is 0.644. The van der Waals surface area contributed by atoms with Crippen LogP contribution in [-0.4, -0.2) is 45.2 Å². The molecule has 3 rings (SSSR count). The molecule has 1 aliphatic heterocycles. The van der Waals surface area contributed by atoms with E-state index in [1.54, 1.807) is 14.0 Å². The molecule has 1 heterocycles. The lowest BCUT2D eigenvalue weighted by molar-refractivity contribution is -0.914. The minimum absolute atomic E-state index is 0.388. The topological polar surface area (TPSA) is 46.0 Å². The van der Waals surface area contributed by atoms with E-state index in [9.17, 15) is 13.6 Å². The number of nitrogens with one attached hydrogen (secondary N) is 2. The van der Waals surface area contributed by atoms with Gasteiger partial charge in [-0.3, -0.25) is 4.79 Å². The van der Waals surface area contributed by atoms with Crippen LogP contribution in [0.15, 0.2) is 42.5 Å². The van der Waals surface area contributed by atoms with E-state index in [0.29, 0.717) is 0 Å². The highest BCUT2D eigenvalue weighted by Gasteiger charge is 2.30. The molecule has 1 fully saturated rings. The highest BCUT2D eigenvalue weighted by molar-refractivity contribution is 5.93. The minimum atomic E-state index is -0.772. The van der Waals surface area contributed by atoms with Gasteiger partial charge >= 0.3 is 0 Å². The first-order valence-corrected chi connectivity index (χ1v) is 8.98. The van der Waals surface area contributed by atoms with Gasteiger partial charge in [0.1, 0.15) is 23.1 Å². The predicted molar refractivity (Wildman–Crippen MR) is 100 cm³/mol. The lowest BCUT2D eigenvalue weighted by atomic mass is 10.2. The summed E-state index contributed by atoms with van der Waals surface area (Å²) in [5, 5.41) is 2.39. The van der Waals surface area contributed by atoms with Crippen LogP contribution in [0.25, 0.3) is 0 Å². The van der Waals surface area contributed by atoms with Gasteiger partial charge in [-0.1, -0.05) is 18.2 Å². The third kappa shape index (κ3) is 4.19. The zero-order valence-electron chi connectivity index (χ0n) is 15.5. The van der Waals surface area contributed by atoms with Crippen molar-refractivity contribution in [3.05, 3.63) is 54.1 Å². The number of carbonyl (C=O) groups is 1. The van der Waals surface area contributed by atoms with Crippen LogP contribution in [0, 0.1) is 11.6 Å². The van der Waals surface area contributed by atoms with Crippen LogP contribution in [0.3, 0.4) is 0 Å². The van der Waals surface area contributed by atoms with Crippen molar-refractivity contribution in [2.24, 2.45) is 0 Å². The van der Waals surface area contributed by atoms with E-state index in [1.807, 2.05) is 24.3 Å². The Labute approximate surface area is 157 Å². The van der Waals surface area contributed by atoms with E-state index < -0.39 is 17.7 Å². The Hall–Kier alpha value is -2.67. The molecule has 0 aliphatic carbocycles. The van der Waals surface area contributed by atoms with E-state index in [4.69, 9.17) is 4.74 Å². The molecule has 0 saturated carbocycles. The summed E-state index contributed by atoms with van der Waals surface area (Å²) >= 11 is 0. The number of anilines is 2. The Morgan fingerprint density at radius 3 is 2.37 bits per heavy atom. The first kappa shape index (κ1) is 19.1. The second kappa shape index (κ2) is 8.35. The molecule has 1 saturated heterocycles. The molecule has 2 aromatic rings. The van der Waals surface area contributed by atoms with Crippen LogP contribution in [0.2, 0.25) is 0 Å². The van der Waals surface area contributed by atoms with Crippen LogP contribution in [0.1, 0.15) is 6.92 Å². The van der Waals surface area contributed by atoms with Crippen LogP contribution < -0.4 is 19.9 Å². The van der Waals surface area contributed by atoms with E-state index in [-0.39, 0.29) is 11.6 Å². The molecule has 1 atom stereocenters. The molecule has 2 aromatic carbocycles. The van der Waals surface area contributed by atoms with E-state index in [0.717, 1.165) is 54.6 Å². The van der Waals surface area contributed by atoms with Gasteiger partial charge in [0.05, 0.1) is 39.0 Å². The number of carbonyl (C=O) groups excluding carboxylic acids is 1. The summed E-state index contributed by atoms with van der Waals surface area (Å²) in [6, 6.07) is 10.9. The van der Waals surface area contributed by atoms with Gasteiger partial charge in [-0.15, -0.1) is 0 Å². The molecule has 1 aliphatic rings. The fourth-order valence-electron chi connectivity index (χ4n) is 3.39. The Kier molecular flexibility index (Phi) is 5.91. The second-order valence-corrected chi connectivity index (χ2v) is 6.62. The Morgan fingerprint density at radius 1 is 1.11 bits per heavy atom. The molecule has 0 radical (unpaired) electrons. The van der Waals surface area contributed by atoms with Gasteiger partial charge in [0.25, 0.3) is 5.91 Å². The van der Waals surface area contributed by atoms with Crippen molar-refractivity contribution in [1.82, 2.24) is 0 Å².